The van der Waals surface area contributed by atoms with Crippen LogP contribution in [-0.4, -0.2) is 60.4 Å². The van der Waals surface area contributed by atoms with Crippen molar-refractivity contribution in [1.82, 2.24) is 15.1 Å². The number of fused-ring (bicyclic) bond motifs is 1. The van der Waals surface area contributed by atoms with Crippen LogP contribution in [0, 0.1) is 0 Å². The Morgan fingerprint density at radius 1 is 1.07 bits per heavy atom. The van der Waals surface area contributed by atoms with Crippen LogP contribution in [0.1, 0.15) is 11.1 Å². The van der Waals surface area contributed by atoms with Gasteiger partial charge in [-0.1, -0.05) is 41.9 Å². The largest absolute Gasteiger partial charge is 0.480 e. The lowest BCUT2D eigenvalue weighted by Gasteiger charge is -2.35. The van der Waals surface area contributed by atoms with Gasteiger partial charge in [0, 0.05) is 44.2 Å². The summed E-state index contributed by atoms with van der Waals surface area (Å²) in [4.78, 5) is 28.9. The molecule has 6 nitrogen and oxygen atoms in total. The van der Waals surface area contributed by atoms with Crippen LogP contribution in [-0.2, 0) is 22.6 Å². The van der Waals surface area contributed by atoms with Gasteiger partial charge < -0.3 is 15.0 Å². The number of ether oxygens (including phenoxy) is 1. The first-order valence-electron chi connectivity index (χ1n) is 9.85. The van der Waals surface area contributed by atoms with Gasteiger partial charge in [0.2, 0.25) is 5.91 Å². The molecule has 2 aromatic rings. The lowest BCUT2D eigenvalue weighted by Crippen LogP contribution is -2.53. The summed E-state index contributed by atoms with van der Waals surface area (Å²) in [6, 6.07) is 15.3. The van der Waals surface area contributed by atoms with Crippen molar-refractivity contribution in [3.63, 3.8) is 0 Å². The van der Waals surface area contributed by atoms with Gasteiger partial charge in [0.15, 0.2) is 6.10 Å². The lowest BCUT2D eigenvalue weighted by atomic mass is 10.1. The zero-order valence-electron chi connectivity index (χ0n) is 16.1. The van der Waals surface area contributed by atoms with Crippen LogP contribution in [0.5, 0.6) is 5.75 Å². The predicted octanol–water partition coefficient (Wildman–Crippen LogP) is 2.10. The molecule has 0 aliphatic carbocycles. The normalized spacial score (nSPS) is 18.8. The van der Waals surface area contributed by atoms with Crippen molar-refractivity contribution in [2.45, 2.75) is 19.1 Å². The van der Waals surface area contributed by atoms with Crippen molar-refractivity contribution >= 4 is 23.4 Å². The number of carbonyl (C=O) groups excluding carboxylic acids is 2. The second kappa shape index (κ2) is 8.84. The van der Waals surface area contributed by atoms with Crippen LogP contribution in [0.25, 0.3) is 0 Å². The minimum absolute atomic E-state index is 0.0000779. The van der Waals surface area contributed by atoms with Crippen LogP contribution >= 0.6 is 11.6 Å². The third kappa shape index (κ3) is 4.89. The molecule has 0 aromatic heterocycles. The van der Waals surface area contributed by atoms with Crippen LogP contribution in [0.2, 0.25) is 5.02 Å². The Morgan fingerprint density at radius 3 is 2.59 bits per heavy atom. The number of rotatable bonds is 5. The number of carbonyl (C=O) groups is 2. The fourth-order valence-corrected chi connectivity index (χ4v) is 3.94. The molecule has 1 N–H and O–H groups in total. The minimum Gasteiger partial charge on any atom is -0.480 e. The lowest BCUT2D eigenvalue weighted by molar-refractivity contribution is -0.139. The zero-order chi connectivity index (χ0) is 20.2. The number of amides is 2. The Bertz CT molecular complexity index is 882. The first-order valence-corrected chi connectivity index (χ1v) is 10.2. The Morgan fingerprint density at radius 2 is 1.83 bits per heavy atom. The number of piperazine rings is 1. The summed E-state index contributed by atoms with van der Waals surface area (Å²) in [5, 5.41) is 3.60. The average Bonchev–Trinajstić information content (AvgIpc) is 3.16. The van der Waals surface area contributed by atoms with Crippen molar-refractivity contribution in [3.8, 4) is 5.75 Å². The Hall–Kier alpha value is -2.57. The molecule has 2 aliphatic heterocycles. The van der Waals surface area contributed by atoms with Gasteiger partial charge in [0.05, 0.1) is 6.54 Å². The van der Waals surface area contributed by atoms with Gasteiger partial charge in [-0.05, 0) is 29.3 Å². The molecule has 0 bridgehead atoms. The third-order valence-electron chi connectivity index (χ3n) is 5.36. The van der Waals surface area contributed by atoms with E-state index in [1.165, 1.54) is 0 Å². The highest BCUT2D eigenvalue weighted by Gasteiger charge is 2.34. The summed E-state index contributed by atoms with van der Waals surface area (Å²) in [5.41, 5.74) is 2.06. The first kappa shape index (κ1) is 19.7. The molecule has 152 valence electrons. The molecule has 1 saturated heterocycles. The number of hydrogen-bond acceptors (Lipinski definition) is 4. The summed E-state index contributed by atoms with van der Waals surface area (Å²) in [6.07, 6.45) is 0.0702. The number of nitrogens with one attached hydrogen (secondary N) is 1. The minimum atomic E-state index is -0.482. The molecule has 0 spiro atoms. The van der Waals surface area contributed by atoms with Gasteiger partial charge in [-0.2, -0.15) is 0 Å². The molecule has 2 heterocycles. The zero-order valence-corrected chi connectivity index (χ0v) is 16.9. The summed E-state index contributed by atoms with van der Waals surface area (Å²) in [6.45, 7) is 3.43. The Labute approximate surface area is 175 Å². The van der Waals surface area contributed by atoms with E-state index in [4.69, 9.17) is 16.3 Å². The number of halogens is 1. The van der Waals surface area contributed by atoms with Crippen LogP contribution < -0.4 is 10.1 Å². The molecule has 1 unspecified atom stereocenters. The topological polar surface area (TPSA) is 61.9 Å². The van der Waals surface area contributed by atoms with Crippen LogP contribution in [0.3, 0.4) is 0 Å². The number of benzene rings is 2. The molecule has 0 radical (unpaired) electrons. The van der Waals surface area contributed by atoms with E-state index in [1.807, 2.05) is 47.4 Å². The SMILES string of the molecule is O=C(CN1CCN(C(=O)C2Cc3cc(Cl)ccc3O2)CC1)NCc1ccccc1. The molecule has 2 amide bonds. The molecule has 1 atom stereocenters. The fourth-order valence-electron chi connectivity index (χ4n) is 3.74. The van der Waals surface area contributed by atoms with E-state index in [0.29, 0.717) is 50.7 Å². The maximum Gasteiger partial charge on any atom is 0.264 e. The van der Waals surface area contributed by atoms with Gasteiger partial charge in [-0.3, -0.25) is 14.5 Å². The summed E-state index contributed by atoms with van der Waals surface area (Å²) < 4.78 is 5.81. The Kier molecular flexibility index (Phi) is 6.02. The fraction of sp³-hybridized carbons (Fsp3) is 0.364. The molecule has 7 heteroatoms. The van der Waals surface area contributed by atoms with Gasteiger partial charge in [-0.15, -0.1) is 0 Å². The van der Waals surface area contributed by atoms with Gasteiger partial charge in [-0.25, -0.2) is 0 Å². The van der Waals surface area contributed by atoms with Crippen molar-refractivity contribution in [1.29, 1.82) is 0 Å². The molecule has 0 saturated carbocycles. The molecule has 29 heavy (non-hydrogen) atoms. The average molecular weight is 414 g/mol. The molecule has 4 rings (SSSR count). The first-order chi connectivity index (χ1) is 14.1. The second-order valence-corrected chi connectivity index (χ2v) is 7.86. The predicted molar refractivity (Wildman–Crippen MR) is 111 cm³/mol. The van der Waals surface area contributed by atoms with Gasteiger partial charge in [0.25, 0.3) is 5.91 Å². The van der Waals surface area contributed by atoms with Crippen LogP contribution in [0.4, 0.5) is 0 Å². The monoisotopic (exact) mass is 413 g/mol. The highest BCUT2D eigenvalue weighted by molar-refractivity contribution is 6.30. The van der Waals surface area contributed by atoms with E-state index in [-0.39, 0.29) is 11.8 Å². The van der Waals surface area contributed by atoms with E-state index in [1.54, 1.807) is 6.07 Å². The van der Waals surface area contributed by atoms with Crippen molar-refractivity contribution < 1.29 is 14.3 Å². The maximum absolute atomic E-state index is 12.8. The molecule has 2 aromatic carbocycles. The molecular weight excluding hydrogens is 390 g/mol. The van der Waals surface area contributed by atoms with E-state index in [9.17, 15) is 9.59 Å². The highest BCUT2D eigenvalue weighted by atomic mass is 35.5. The van der Waals surface area contributed by atoms with Gasteiger partial charge in [0.1, 0.15) is 5.75 Å². The second-order valence-electron chi connectivity index (χ2n) is 7.43. The number of hydrogen-bond donors (Lipinski definition) is 1. The van der Waals surface area contributed by atoms with Crippen molar-refractivity contribution in [2.24, 2.45) is 0 Å². The smallest absolute Gasteiger partial charge is 0.264 e. The molecular formula is C22H24ClN3O3. The standard InChI is InChI=1S/C22H24ClN3O3/c23-18-6-7-19-17(12-18)13-20(29-19)22(28)26-10-8-25(9-11-26)15-21(27)24-14-16-4-2-1-3-5-16/h1-7,12,20H,8-11,13-15H2,(H,24,27). The Balaban J connectivity index is 1.21. The molecule has 2 aliphatic rings. The maximum atomic E-state index is 12.8. The van der Waals surface area contributed by atoms with Crippen molar-refractivity contribution in [3.05, 3.63) is 64.7 Å². The van der Waals surface area contributed by atoms with Crippen LogP contribution in [0.15, 0.2) is 48.5 Å². The van der Waals surface area contributed by atoms with E-state index in [2.05, 4.69) is 10.2 Å². The van der Waals surface area contributed by atoms with E-state index >= 15 is 0 Å². The van der Waals surface area contributed by atoms with E-state index in [0.717, 1.165) is 16.9 Å². The van der Waals surface area contributed by atoms with Crippen molar-refractivity contribution in [2.75, 3.05) is 32.7 Å². The summed E-state index contributed by atoms with van der Waals surface area (Å²) >= 11 is 6.03. The quantitative estimate of drug-likeness (QED) is 0.815. The third-order valence-corrected chi connectivity index (χ3v) is 5.59. The highest BCUT2D eigenvalue weighted by Crippen LogP contribution is 2.31. The number of nitrogens with zero attached hydrogens (tertiary/aromatic N) is 2. The van der Waals surface area contributed by atoms with Gasteiger partial charge >= 0.3 is 0 Å². The van der Waals surface area contributed by atoms with E-state index < -0.39 is 6.10 Å². The summed E-state index contributed by atoms with van der Waals surface area (Å²) in [5.74, 6) is 0.743. The summed E-state index contributed by atoms with van der Waals surface area (Å²) in [7, 11) is 0. The molecule has 1 fully saturated rings.